The average Bonchev–Trinajstić information content (AvgIpc) is 2.65. The molecule has 0 aliphatic carbocycles. The van der Waals surface area contributed by atoms with Crippen LogP contribution in [0.2, 0.25) is 5.15 Å². The van der Waals surface area contributed by atoms with E-state index in [1.807, 2.05) is 7.05 Å². The number of aromatic nitrogens is 4. The molecule has 0 aromatic carbocycles. The molecule has 1 fully saturated rings. The van der Waals surface area contributed by atoms with Crippen LogP contribution in [0, 0.1) is 5.92 Å². The van der Waals surface area contributed by atoms with Crippen LogP contribution in [-0.4, -0.2) is 37.7 Å². The highest BCUT2D eigenvalue weighted by Crippen LogP contribution is 2.21. The predicted molar refractivity (Wildman–Crippen MR) is 79.6 cm³/mol. The number of hydrogen-bond acceptors (Lipinski definition) is 4. The summed E-state index contributed by atoms with van der Waals surface area (Å²) in [6.45, 7) is 5.34. The molecule has 2 aromatic heterocycles. The molecule has 1 unspecified atom stereocenters. The molecule has 5 nitrogen and oxygen atoms in total. The minimum Gasteiger partial charge on any atom is -0.296 e. The van der Waals surface area contributed by atoms with Gasteiger partial charge < -0.3 is 0 Å². The lowest BCUT2D eigenvalue weighted by atomic mass is 10.0. The van der Waals surface area contributed by atoms with Gasteiger partial charge in [-0.25, -0.2) is 9.97 Å². The van der Waals surface area contributed by atoms with Gasteiger partial charge in [0.1, 0.15) is 11.0 Å². The third kappa shape index (κ3) is 2.79. The normalized spacial score (nSPS) is 21.2. The lowest BCUT2D eigenvalue weighted by Crippen LogP contribution is -2.25. The summed E-state index contributed by atoms with van der Waals surface area (Å²) in [5.74, 6) is 1.62. The molecule has 1 saturated heterocycles. The Bertz CT molecular complexity index is 609. The lowest BCUT2D eigenvalue weighted by molar-refractivity contribution is 0.267. The van der Waals surface area contributed by atoms with Gasteiger partial charge in [0.15, 0.2) is 5.65 Å². The maximum Gasteiger partial charge on any atom is 0.162 e. The van der Waals surface area contributed by atoms with Crippen LogP contribution in [0.5, 0.6) is 0 Å². The molecule has 2 aromatic rings. The summed E-state index contributed by atoms with van der Waals surface area (Å²) >= 11 is 6.23. The summed E-state index contributed by atoms with van der Waals surface area (Å²) in [5.41, 5.74) is 0.809. The number of fused-ring (bicyclic) bond motifs is 1. The van der Waals surface area contributed by atoms with Gasteiger partial charge in [0.2, 0.25) is 0 Å². The van der Waals surface area contributed by atoms with E-state index in [-0.39, 0.29) is 0 Å². The summed E-state index contributed by atoms with van der Waals surface area (Å²) in [6, 6.07) is 0. The highest BCUT2D eigenvalue weighted by molar-refractivity contribution is 6.33. The van der Waals surface area contributed by atoms with Gasteiger partial charge in [0, 0.05) is 7.05 Å². The van der Waals surface area contributed by atoms with Crippen LogP contribution in [0.3, 0.4) is 0 Å². The van der Waals surface area contributed by atoms with Crippen molar-refractivity contribution in [1.29, 1.82) is 0 Å². The standard InChI is InChI=1S/C14H20ClN5/c1-10-4-3-6-20(7-5-10)9-12-17-13(15)11-8-16-19(2)14(11)18-12/h8,10H,3-7,9H2,1-2H3. The molecule has 0 amide bonds. The number of likely N-dealkylation sites (tertiary alicyclic amines) is 1. The molecule has 3 rings (SSSR count). The molecule has 0 bridgehead atoms. The Morgan fingerprint density at radius 1 is 1.30 bits per heavy atom. The highest BCUT2D eigenvalue weighted by Gasteiger charge is 2.16. The van der Waals surface area contributed by atoms with Crippen LogP contribution >= 0.6 is 11.6 Å². The van der Waals surface area contributed by atoms with E-state index in [1.165, 1.54) is 19.3 Å². The Morgan fingerprint density at radius 2 is 2.15 bits per heavy atom. The third-order valence-corrected chi connectivity index (χ3v) is 4.35. The summed E-state index contributed by atoms with van der Waals surface area (Å²) in [7, 11) is 1.88. The maximum absolute atomic E-state index is 6.23. The minimum atomic E-state index is 0.501. The Morgan fingerprint density at radius 3 is 3.00 bits per heavy atom. The van der Waals surface area contributed by atoms with Gasteiger partial charge in [0.25, 0.3) is 0 Å². The van der Waals surface area contributed by atoms with Gasteiger partial charge in [-0.3, -0.25) is 9.58 Å². The zero-order valence-corrected chi connectivity index (χ0v) is 12.8. The van der Waals surface area contributed by atoms with Crippen LogP contribution in [0.4, 0.5) is 0 Å². The number of rotatable bonds is 2. The monoisotopic (exact) mass is 293 g/mol. The fourth-order valence-corrected chi connectivity index (χ4v) is 3.01. The SMILES string of the molecule is CC1CCCN(Cc2nc(Cl)c3cnn(C)c3n2)CC1. The van der Waals surface area contributed by atoms with Crippen LogP contribution in [0.15, 0.2) is 6.20 Å². The molecule has 0 saturated carbocycles. The maximum atomic E-state index is 6.23. The fourth-order valence-electron chi connectivity index (χ4n) is 2.78. The molecule has 0 spiro atoms. The number of halogens is 1. The van der Waals surface area contributed by atoms with Gasteiger partial charge in [-0.1, -0.05) is 18.5 Å². The largest absolute Gasteiger partial charge is 0.296 e. The molecular formula is C14H20ClN5. The second-order valence-corrected chi connectivity index (χ2v) is 6.11. The molecule has 0 radical (unpaired) electrons. The second-order valence-electron chi connectivity index (χ2n) is 5.75. The molecule has 1 aliphatic heterocycles. The first kappa shape index (κ1) is 13.8. The van der Waals surface area contributed by atoms with Gasteiger partial charge in [-0.05, 0) is 38.3 Å². The summed E-state index contributed by atoms with van der Waals surface area (Å²) in [6.07, 6.45) is 5.54. The lowest BCUT2D eigenvalue weighted by Gasteiger charge is -2.18. The first-order valence-corrected chi connectivity index (χ1v) is 7.58. The van der Waals surface area contributed by atoms with Crippen molar-refractivity contribution in [3.63, 3.8) is 0 Å². The minimum absolute atomic E-state index is 0.501. The van der Waals surface area contributed by atoms with E-state index in [1.54, 1.807) is 10.9 Å². The van der Waals surface area contributed by atoms with Crippen molar-refractivity contribution in [3.8, 4) is 0 Å². The Hall–Kier alpha value is -1.20. The van der Waals surface area contributed by atoms with Crippen molar-refractivity contribution in [3.05, 3.63) is 17.2 Å². The molecule has 6 heteroatoms. The fraction of sp³-hybridized carbons (Fsp3) is 0.643. The van der Waals surface area contributed by atoms with E-state index >= 15 is 0 Å². The first-order valence-electron chi connectivity index (χ1n) is 7.20. The molecule has 1 aliphatic rings. The van der Waals surface area contributed by atoms with Crippen molar-refractivity contribution < 1.29 is 0 Å². The Kier molecular flexibility index (Phi) is 3.89. The predicted octanol–water partition coefficient (Wildman–Crippen LogP) is 2.64. The van der Waals surface area contributed by atoms with Crippen LogP contribution in [0.1, 0.15) is 32.0 Å². The molecule has 108 valence electrons. The Balaban J connectivity index is 1.81. The van der Waals surface area contributed by atoms with Gasteiger partial charge in [-0.2, -0.15) is 5.10 Å². The van der Waals surface area contributed by atoms with E-state index < -0.39 is 0 Å². The zero-order chi connectivity index (χ0) is 14.1. The van der Waals surface area contributed by atoms with Gasteiger partial charge in [-0.15, -0.1) is 0 Å². The van der Waals surface area contributed by atoms with E-state index in [2.05, 4.69) is 26.9 Å². The van der Waals surface area contributed by atoms with E-state index in [0.717, 1.165) is 42.4 Å². The number of aryl methyl sites for hydroxylation is 1. The van der Waals surface area contributed by atoms with E-state index in [0.29, 0.717) is 5.15 Å². The van der Waals surface area contributed by atoms with E-state index in [9.17, 15) is 0 Å². The molecule has 0 N–H and O–H groups in total. The van der Waals surface area contributed by atoms with Crippen LogP contribution in [-0.2, 0) is 13.6 Å². The second kappa shape index (κ2) is 5.66. The van der Waals surface area contributed by atoms with Gasteiger partial charge in [0.05, 0.1) is 18.1 Å². The van der Waals surface area contributed by atoms with Crippen LogP contribution < -0.4 is 0 Å². The average molecular weight is 294 g/mol. The molecule has 1 atom stereocenters. The van der Waals surface area contributed by atoms with Crippen LogP contribution in [0.25, 0.3) is 11.0 Å². The van der Waals surface area contributed by atoms with Crippen molar-refractivity contribution in [2.24, 2.45) is 13.0 Å². The zero-order valence-electron chi connectivity index (χ0n) is 12.0. The number of nitrogens with zero attached hydrogens (tertiary/aromatic N) is 5. The van der Waals surface area contributed by atoms with Gasteiger partial charge >= 0.3 is 0 Å². The highest BCUT2D eigenvalue weighted by atomic mass is 35.5. The summed E-state index contributed by atoms with van der Waals surface area (Å²) < 4.78 is 1.75. The van der Waals surface area contributed by atoms with Crippen molar-refractivity contribution in [1.82, 2.24) is 24.6 Å². The quantitative estimate of drug-likeness (QED) is 0.799. The number of hydrogen-bond donors (Lipinski definition) is 0. The van der Waals surface area contributed by atoms with Crippen molar-refractivity contribution in [2.45, 2.75) is 32.7 Å². The van der Waals surface area contributed by atoms with Crippen molar-refractivity contribution >= 4 is 22.6 Å². The topological polar surface area (TPSA) is 46.8 Å². The smallest absolute Gasteiger partial charge is 0.162 e. The molecular weight excluding hydrogens is 274 g/mol. The first-order chi connectivity index (χ1) is 9.63. The third-order valence-electron chi connectivity index (χ3n) is 4.07. The Labute approximate surface area is 124 Å². The van der Waals surface area contributed by atoms with Crippen molar-refractivity contribution in [2.75, 3.05) is 13.1 Å². The molecule has 20 heavy (non-hydrogen) atoms. The summed E-state index contributed by atoms with van der Waals surface area (Å²) in [5, 5.41) is 5.51. The van der Waals surface area contributed by atoms with E-state index in [4.69, 9.17) is 11.6 Å². The molecule has 3 heterocycles. The summed E-state index contributed by atoms with van der Waals surface area (Å²) in [4.78, 5) is 11.4.